The van der Waals surface area contributed by atoms with Crippen LogP contribution in [-0.2, 0) is 6.18 Å². The Hall–Kier alpha value is -3.08. The third-order valence-corrected chi connectivity index (χ3v) is 4.11. The minimum Gasteiger partial charge on any atom is -0.300 e. The highest BCUT2D eigenvalue weighted by Crippen LogP contribution is 2.37. The molecule has 0 saturated carbocycles. The molecule has 0 radical (unpaired) electrons. The number of fused-ring (bicyclic) bond motifs is 1. The Balaban J connectivity index is 2.01. The van der Waals surface area contributed by atoms with Crippen molar-refractivity contribution in [3.05, 3.63) is 84.7 Å². The predicted molar refractivity (Wildman–Crippen MR) is 91.1 cm³/mol. The molecule has 4 aromatic rings. The quantitative estimate of drug-likeness (QED) is 0.459. The summed E-state index contributed by atoms with van der Waals surface area (Å²) in [5.41, 5.74) is 2.15. The summed E-state index contributed by atoms with van der Waals surface area (Å²) in [6.45, 7) is 0. The van der Waals surface area contributed by atoms with Crippen LogP contribution < -0.4 is 0 Å². The number of pyridine rings is 1. The number of imidazole rings is 1. The minimum atomic E-state index is -4.41. The highest BCUT2D eigenvalue weighted by atomic mass is 19.4. The van der Waals surface area contributed by atoms with E-state index >= 15 is 0 Å². The van der Waals surface area contributed by atoms with Crippen molar-refractivity contribution in [3.63, 3.8) is 0 Å². The molecular weight excluding hydrogens is 325 g/mol. The van der Waals surface area contributed by atoms with Crippen LogP contribution in [-0.4, -0.2) is 9.38 Å². The summed E-state index contributed by atoms with van der Waals surface area (Å²) in [5, 5.41) is 0. The van der Waals surface area contributed by atoms with Crippen LogP contribution in [0.5, 0.6) is 0 Å². The molecule has 0 saturated heterocycles. The highest BCUT2D eigenvalue weighted by molar-refractivity contribution is 5.82. The van der Waals surface area contributed by atoms with Crippen molar-refractivity contribution in [1.29, 1.82) is 0 Å². The fourth-order valence-corrected chi connectivity index (χ4v) is 2.92. The van der Waals surface area contributed by atoms with Gasteiger partial charge in [0.05, 0.1) is 17.3 Å². The van der Waals surface area contributed by atoms with Gasteiger partial charge in [0.15, 0.2) is 0 Å². The van der Waals surface area contributed by atoms with Crippen molar-refractivity contribution < 1.29 is 13.2 Å². The van der Waals surface area contributed by atoms with E-state index in [-0.39, 0.29) is 0 Å². The summed E-state index contributed by atoms with van der Waals surface area (Å²) < 4.78 is 41.5. The molecule has 2 nitrogen and oxygen atoms in total. The number of hydrogen-bond donors (Lipinski definition) is 0. The van der Waals surface area contributed by atoms with Gasteiger partial charge in [-0.2, -0.15) is 13.2 Å². The maximum absolute atomic E-state index is 13.2. The first-order valence-electron chi connectivity index (χ1n) is 7.73. The number of rotatable bonds is 2. The van der Waals surface area contributed by atoms with Crippen LogP contribution in [0.1, 0.15) is 5.56 Å². The molecular formula is C20H13F3N2. The van der Waals surface area contributed by atoms with Gasteiger partial charge in [-0.15, -0.1) is 0 Å². The average Bonchev–Trinajstić information content (AvgIpc) is 3.05. The lowest BCUT2D eigenvalue weighted by Gasteiger charge is -2.13. The van der Waals surface area contributed by atoms with Crippen LogP contribution in [0.4, 0.5) is 13.2 Å². The average molecular weight is 338 g/mol. The van der Waals surface area contributed by atoms with Gasteiger partial charge in [0, 0.05) is 11.8 Å². The smallest absolute Gasteiger partial charge is 0.300 e. The molecule has 2 aromatic heterocycles. The first-order valence-corrected chi connectivity index (χ1v) is 7.73. The third-order valence-electron chi connectivity index (χ3n) is 4.11. The van der Waals surface area contributed by atoms with Crippen LogP contribution in [0, 0.1) is 0 Å². The molecule has 0 fully saturated rings. The Morgan fingerprint density at radius 1 is 0.800 bits per heavy atom. The Labute approximate surface area is 142 Å². The SMILES string of the molecule is FC(F)(F)c1ccc(-c2ccccc2)c(-c2ncc3ccccn23)c1. The van der Waals surface area contributed by atoms with Crippen molar-refractivity contribution in [2.24, 2.45) is 0 Å². The van der Waals surface area contributed by atoms with E-state index in [4.69, 9.17) is 0 Å². The number of benzene rings is 2. The molecule has 0 bridgehead atoms. The fourth-order valence-electron chi connectivity index (χ4n) is 2.92. The summed E-state index contributed by atoms with van der Waals surface area (Å²) in [4.78, 5) is 4.37. The summed E-state index contributed by atoms with van der Waals surface area (Å²) >= 11 is 0. The lowest BCUT2D eigenvalue weighted by molar-refractivity contribution is -0.137. The number of halogens is 3. The molecule has 0 spiro atoms. The van der Waals surface area contributed by atoms with Gasteiger partial charge in [-0.05, 0) is 35.4 Å². The summed E-state index contributed by atoms with van der Waals surface area (Å²) in [7, 11) is 0. The van der Waals surface area contributed by atoms with Gasteiger partial charge in [-0.25, -0.2) is 4.98 Å². The molecule has 0 aliphatic heterocycles. The Kier molecular flexibility index (Phi) is 3.57. The van der Waals surface area contributed by atoms with E-state index < -0.39 is 11.7 Å². The molecule has 4 rings (SSSR count). The van der Waals surface area contributed by atoms with Gasteiger partial charge in [-0.3, -0.25) is 4.40 Å². The van der Waals surface area contributed by atoms with E-state index in [1.807, 2.05) is 48.5 Å². The fraction of sp³-hybridized carbons (Fsp3) is 0.0500. The largest absolute Gasteiger partial charge is 0.416 e. The monoisotopic (exact) mass is 338 g/mol. The van der Waals surface area contributed by atoms with Crippen LogP contribution in [0.25, 0.3) is 28.0 Å². The Bertz CT molecular complexity index is 1030. The lowest BCUT2D eigenvalue weighted by Crippen LogP contribution is -2.05. The first kappa shape index (κ1) is 15.4. The van der Waals surface area contributed by atoms with Crippen molar-refractivity contribution in [3.8, 4) is 22.5 Å². The number of aromatic nitrogens is 2. The van der Waals surface area contributed by atoms with E-state index in [0.717, 1.165) is 17.1 Å². The topological polar surface area (TPSA) is 17.3 Å². The molecule has 0 amide bonds. The van der Waals surface area contributed by atoms with Gasteiger partial charge >= 0.3 is 6.18 Å². The molecule has 2 aromatic carbocycles. The number of hydrogen-bond acceptors (Lipinski definition) is 1. The summed E-state index contributed by atoms with van der Waals surface area (Å²) in [6.07, 6.45) is -0.950. The van der Waals surface area contributed by atoms with Gasteiger partial charge in [-0.1, -0.05) is 42.5 Å². The highest BCUT2D eigenvalue weighted by Gasteiger charge is 2.31. The van der Waals surface area contributed by atoms with Crippen molar-refractivity contribution in [2.45, 2.75) is 6.18 Å². The van der Waals surface area contributed by atoms with Crippen LogP contribution in [0.3, 0.4) is 0 Å². The second kappa shape index (κ2) is 5.77. The molecule has 0 atom stereocenters. The third kappa shape index (κ3) is 2.78. The van der Waals surface area contributed by atoms with Gasteiger partial charge < -0.3 is 0 Å². The molecule has 0 aliphatic carbocycles. The molecule has 2 heterocycles. The molecule has 124 valence electrons. The van der Waals surface area contributed by atoms with E-state index in [2.05, 4.69) is 4.98 Å². The van der Waals surface area contributed by atoms with E-state index in [0.29, 0.717) is 17.0 Å². The van der Waals surface area contributed by atoms with Gasteiger partial charge in [0.2, 0.25) is 0 Å². The normalized spacial score (nSPS) is 11.8. The van der Waals surface area contributed by atoms with Crippen molar-refractivity contribution >= 4 is 5.52 Å². The first-order chi connectivity index (χ1) is 12.0. The lowest BCUT2D eigenvalue weighted by atomic mass is 9.96. The second-order valence-corrected chi connectivity index (χ2v) is 5.70. The number of alkyl halides is 3. The van der Waals surface area contributed by atoms with Crippen molar-refractivity contribution in [1.82, 2.24) is 9.38 Å². The van der Waals surface area contributed by atoms with Crippen LogP contribution >= 0.6 is 0 Å². The maximum atomic E-state index is 13.2. The van der Waals surface area contributed by atoms with Crippen molar-refractivity contribution in [2.75, 3.05) is 0 Å². The number of nitrogens with zero attached hydrogens (tertiary/aromatic N) is 2. The second-order valence-electron chi connectivity index (χ2n) is 5.70. The van der Waals surface area contributed by atoms with E-state index in [1.165, 1.54) is 12.1 Å². The minimum absolute atomic E-state index is 0.451. The summed E-state index contributed by atoms with van der Waals surface area (Å²) in [5.74, 6) is 0.487. The Morgan fingerprint density at radius 3 is 2.32 bits per heavy atom. The summed E-state index contributed by atoms with van der Waals surface area (Å²) in [6, 6.07) is 18.7. The van der Waals surface area contributed by atoms with Crippen LogP contribution in [0.2, 0.25) is 0 Å². The van der Waals surface area contributed by atoms with E-state index in [1.54, 1.807) is 16.8 Å². The molecule has 5 heteroatoms. The zero-order chi connectivity index (χ0) is 17.4. The maximum Gasteiger partial charge on any atom is 0.416 e. The van der Waals surface area contributed by atoms with Gasteiger partial charge in [0.25, 0.3) is 0 Å². The zero-order valence-corrected chi connectivity index (χ0v) is 13.0. The Morgan fingerprint density at radius 2 is 1.56 bits per heavy atom. The van der Waals surface area contributed by atoms with Gasteiger partial charge in [0.1, 0.15) is 5.82 Å². The molecule has 0 unspecified atom stereocenters. The molecule has 0 N–H and O–H groups in total. The molecule has 25 heavy (non-hydrogen) atoms. The predicted octanol–water partition coefficient (Wildman–Crippen LogP) is 5.69. The zero-order valence-electron chi connectivity index (χ0n) is 13.0. The molecule has 0 aliphatic rings. The van der Waals surface area contributed by atoms with E-state index in [9.17, 15) is 13.2 Å². The van der Waals surface area contributed by atoms with Crippen LogP contribution in [0.15, 0.2) is 79.1 Å². The standard InChI is InChI=1S/C20H13F3N2/c21-20(22,23)15-9-10-17(14-6-2-1-3-7-14)18(12-15)19-24-13-16-8-4-5-11-25(16)19/h1-13H.